The Morgan fingerprint density at radius 2 is 1.93 bits per heavy atom. The van der Waals surface area contributed by atoms with Crippen LogP contribution in [0.25, 0.3) is 11.0 Å². The smallest absolute Gasteiger partial charge is 0.224 e. The van der Waals surface area contributed by atoms with Crippen molar-refractivity contribution in [2.75, 3.05) is 13.6 Å². The van der Waals surface area contributed by atoms with Crippen LogP contribution in [0, 0.1) is 0 Å². The molecule has 0 aliphatic rings. The number of aryl methyl sites for hydroxylation is 1. The van der Waals surface area contributed by atoms with Crippen LogP contribution in [0.1, 0.15) is 31.2 Å². The highest BCUT2D eigenvalue weighted by atomic mass is 35.5. The van der Waals surface area contributed by atoms with Crippen LogP contribution in [0.2, 0.25) is 10.0 Å². The van der Waals surface area contributed by atoms with E-state index in [0.717, 1.165) is 35.4 Å². The molecule has 142 valence electrons. The minimum Gasteiger partial charge on any atom is -0.346 e. The molecule has 3 rings (SSSR count). The third-order valence-corrected chi connectivity index (χ3v) is 5.35. The molecule has 0 atom stereocenters. The number of nitrogens with zero attached hydrogens (tertiary/aromatic N) is 3. The number of imidazole rings is 1. The number of rotatable bonds is 7. The number of carbonyl (C=O) groups is 1. The van der Waals surface area contributed by atoms with Crippen molar-refractivity contribution in [2.24, 2.45) is 0 Å². The number of para-hydroxylation sites is 2. The van der Waals surface area contributed by atoms with Gasteiger partial charge in [0.15, 0.2) is 0 Å². The number of hydrogen-bond acceptors (Lipinski definition) is 2. The largest absolute Gasteiger partial charge is 0.346 e. The van der Waals surface area contributed by atoms with Gasteiger partial charge >= 0.3 is 0 Å². The quantitative estimate of drug-likeness (QED) is 0.543. The summed E-state index contributed by atoms with van der Waals surface area (Å²) in [5.74, 6) is 1.07. The SMILES string of the molecule is CCCN(C)C(=O)CCn1c(Cc2ccc(Cl)c(Cl)c2)nc2ccccc21. The van der Waals surface area contributed by atoms with Gasteiger partial charge in [-0.3, -0.25) is 4.79 Å². The van der Waals surface area contributed by atoms with E-state index in [0.29, 0.717) is 29.4 Å². The van der Waals surface area contributed by atoms with Crippen molar-refractivity contribution in [3.63, 3.8) is 0 Å². The fourth-order valence-electron chi connectivity index (χ4n) is 3.20. The zero-order chi connectivity index (χ0) is 19.4. The van der Waals surface area contributed by atoms with Gasteiger partial charge in [0.05, 0.1) is 21.1 Å². The van der Waals surface area contributed by atoms with E-state index in [2.05, 4.69) is 11.5 Å². The first kappa shape index (κ1) is 19.7. The topological polar surface area (TPSA) is 38.1 Å². The molecule has 0 saturated carbocycles. The number of aromatic nitrogens is 2. The lowest BCUT2D eigenvalue weighted by atomic mass is 10.1. The van der Waals surface area contributed by atoms with Crippen molar-refractivity contribution in [3.8, 4) is 0 Å². The second-order valence-electron chi connectivity index (χ2n) is 6.66. The zero-order valence-electron chi connectivity index (χ0n) is 15.6. The lowest BCUT2D eigenvalue weighted by molar-refractivity contribution is -0.130. The zero-order valence-corrected chi connectivity index (χ0v) is 17.1. The maximum atomic E-state index is 12.4. The molecule has 0 spiro atoms. The number of hydrogen-bond donors (Lipinski definition) is 0. The second-order valence-corrected chi connectivity index (χ2v) is 7.47. The van der Waals surface area contributed by atoms with E-state index in [-0.39, 0.29) is 5.91 Å². The molecule has 1 amide bonds. The number of fused-ring (bicyclic) bond motifs is 1. The molecule has 0 aliphatic carbocycles. The average molecular weight is 404 g/mol. The van der Waals surface area contributed by atoms with E-state index in [4.69, 9.17) is 28.2 Å². The Morgan fingerprint density at radius 3 is 2.67 bits per heavy atom. The Hall–Kier alpha value is -2.04. The third kappa shape index (κ3) is 4.63. The minimum atomic E-state index is 0.148. The first-order chi connectivity index (χ1) is 13.0. The van der Waals surface area contributed by atoms with Crippen LogP contribution in [0.3, 0.4) is 0 Å². The van der Waals surface area contributed by atoms with E-state index < -0.39 is 0 Å². The number of benzene rings is 2. The average Bonchev–Trinajstić information content (AvgIpc) is 3.00. The van der Waals surface area contributed by atoms with Gasteiger partial charge in [-0.15, -0.1) is 0 Å². The second kappa shape index (κ2) is 8.77. The predicted molar refractivity (Wildman–Crippen MR) is 112 cm³/mol. The maximum absolute atomic E-state index is 12.4. The van der Waals surface area contributed by atoms with Crippen molar-refractivity contribution in [1.29, 1.82) is 0 Å². The Balaban J connectivity index is 1.87. The van der Waals surface area contributed by atoms with Gasteiger partial charge in [-0.1, -0.05) is 48.3 Å². The molecule has 2 aromatic carbocycles. The van der Waals surface area contributed by atoms with Crippen molar-refractivity contribution in [3.05, 3.63) is 63.9 Å². The highest BCUT2D eigenvalue weighted by Crippen LogP contribution is 2.25. The Morgan fingerprint density at radius 1 is 1.15 bits per heavy atom. The highest BCUT2D eigenvalue weighted by molar-refractivity contribution is 6.42. The van der Waals surface area contributed by atoms with Crippen LogP contribution in [0.15, 0.2) is 42.5 Å². The predicted octanol–water partition coefficient (Wildman–Crippen LogP) is 5.19. The molecule has 0 unspecified atom stereocenters. The third-order valence-electron chi connectivity index (χ3n) is 4.61. The lowest BCUT2D eigenvalue weighted by Crippen LogP contribution is -2.28. The van der Waals surface area contributed by atoms with Crippen LogP contribution in [-0.2, 0) is 17.8 Å². The van der Waals surface area contributed by atoms with E-state index in [9.17, 15) is 4.79 Å². The number of halogens is 2. The first-order valence-electron chi connectivity index (χ1n) is 9.11. The van der Waals surface area contributed by atoms with Gasteiger partial charge in [-0.25, -0.2) is 4.98 Å². The summed E-state index contributed by atoms with van der Waals surface area (Å²) in [5, 5.41) is 1.08. The summed E-state index contributed by atoms with van der Waals surface area (Å²) in [6, 6.07) is 13.6. The molecule has 4 nitrogen and oxygen atoms in total. The minimum absolute atomic E-state index is 0.148. The Labute approximate surface area is 169 Å². The van der Waals surface area contributed by atoms with E-state index in [1.807, 2.05) is 43.4 Å². The summed E-state index contributed by atoms with van der Waals surface area (Å²) in [5.41, 5.74) is 3.01. The molecule has 3 aromatic rings. The van der Waals surface area contributed by atoms with E-state index in [1.165, 1.54) is 0 Å². The molecule has 0 saturated heterocycles. The van der Waals surface area contributed by atoms with Gasteiger partial charge in [0.1, 0.15) is 5.82 Å². The van der Waals surface area contributed by atoms with Crippen molar-refractivity contribution in [1.82, 2.24) is 14.5 Å². The van der Waals surface area contributed by atoms with E-state index in [1.54, 1.807) is 11.0 Å². The van der Waals surface area contributed by atoms with Crippen LogP contribution in [0.4, 0.5) is 0 Å². The lowest BCUT2D eigenvalue weighted by Gasteiger charge is -2.17. The molecule has 6 heteroatoms. The number of amides is 1. The normalized spacial score (nSPS) is 11.1. The molecular formula is C21H23Cl2N3O. The summed E-state index contributed by atoms with van der Waals surface area (Å²) in [4.78, 5) is 18.9. The molecule has 27 heavy (non-hydrogen) atoms. The first-order valence-corrected chi connectivity index (χ1v) is 9.87. The summed E-state index contributed by atoms with van der Waals surface area (Å²) in [6.07, 6.45) is 2.04. The molecule has 0 fully saturated rings. The Kier molecular flexibility index (Phi) is 6.40. The van der Waals surface area contributed by atoms with Crippen molar-refractivity contribution >= 4 is 40.1 Å². The molecule has 1 aromatic heterocycles. The standard InChI is InChI=1S/C21H23Cl2N3O/c1-3-11-25(2)21(27)10-12-26-19-7-5-4-6-18(19)24-20(26)14-15-8-9-16(22)17(23)13-15/h4-9,13H,3,10-12,14H2,1-2H3. The van der Waals surface area contributed by atoms with Crippen molar-refractivity contribution < 1.29 is 4.79 Å². The number of carbonyl (C=O) groups excluding carboxylic acids is 1. The van der Waals surface area contributed by atoms with Crippen LogP contribution in [-0.4, -0.2) is 34.0 Å². The molecule has 0 radical (unpaired) electrons. The maximum Gasteiger partial charge on any atom is 0.224 e. The van der Waals surface area contributed by atoms with Gasteiger partial charge in [-0.05, 0) is 36.2 Å². The van der Waals surface area contributed by atoms with Crippen molar-refractivity contribution in [2.45, 2.75) is 32.7 Å². The fourth-order valence-corrected chi connectivity index (χ4v) is 3.52. The summed E-state index contributed by atoms with van der Waals surface area (Å²) >= 11 is 12.2. The Bertz CT molecular complexity index is 952. The molecular weight excluding hydrogens is 381 g/mol. The molecule has 1 heterocycles. The van der Waals surface area contributed by atoms with Crippen LogP contribution >= 0.6 is 23.2 Å². The molecule has 0 aliphatic heterocycles. The monoisotopic (exact) mass is 403 g/mol. The van der Waals surface area contributed by atoms with Crippen LogP contribution < -0.4 is 0 Å². The molecule has 0 bridgehead atoms. The summed E-state index contributed by atoms with van der Waals surface area (Å²) < 4.78 is 2.13. The van der Waals surface area contributed by atoms with Gasteiger partial charge in [0.2, 0.25) is 5.91 Å². The van der Waals surface area contributed by atoms with Crippen LogP contribution in [0.5, 0.6) is 0 Å². The fraction of sp³-hybridized carbons (Fsp3) is 0.333. The summed E-state index contributed by atoms with van der Waals surface area (Å²) in [6.45, 7) is 3.45. The van der Waals surface area contributed by atoms with Gasteiger partial charge in [0, 0.05) is 33.0 Å². The van der Waals surface area contributed by atoms with Gasteiger partial charge < -0.3 is 9.47 Å². The van der Waals surface area contributed by atoms with Gasteiger partial charge in [-0.2, -0.15) is 0 Å². The van der Waals surface area contributed by atoms with E-state index >= 15 is 0 Å². The molecule has 0 N–H and O–H groups in total. The summed E-state index contributed by atoms with van der Waals surface area (Å²) in [7, 11) is 1.86. The van der Waals surface area contributed by atoms with Gasteiger partial charge in [0.25, 0.3) is 0 Å². The highest BCUT2D eigenvalue weighted by Gasteiger charge is 2.14.